The molecule has 0 fully saturated rings. The molecule has 0 unspecified atom stereocenters. The second kappa shape index (κ2) is 9.26. The number of hydrogen-bond donors (Lipinski definition) is 1. The predicted molar refractivity (Wildman–Crippen MR) is 119 cm³/mol. The molecule has 6 heteroatoms. The van der Waals surface area contributed by atoms with E-state index in [9.17, 15) is 14.7 Å². The molecule has 0 aliphatic carbocycles. The molecule has 0 aliphatic heterocycles. The van der Waals surface area contributed by atoms with Gasteiger partial charge < -0.3 is 14.6 Å². The fourth-order valence-electron chi connectivity index (χ4n) is 2.76. The Morgan fingerprint density at radius 1 is 0.871 bits per heavy atom. The zero-order valence-electron chi connectivity index (χ0n) is 17.6. The topological polar surface area (TPSA) is 90.8 Å². The largest absolute Gasteiger partial charge is 0.545 e. The summed E-state index contributed by atoms with van der Waals surface area (Å²) in [4.78, 5) is 23.1. The predicted octanol–water partition coefficient (Wildman–Crippen LogP) is 4.01. The van der Waals surface area contributed by atoms with Crippen molar-refractivity contribution in [1.82, 2.24) is 0 Å². The van der Waals surface area contributed by atoms with E-state index in [1.54, 1.807) is 54.7 Å². The number of esters is 1. The number of carbonyl (C=O) groups is 2. The smallest absolute Gasteiger partial charge is 0.343 e. The van der Waals surface area contributed by atoms with Crippen molar-refractivity contribution < 1.29 is 19.4 Å². The number of nitrogens with one attached hydrogen (secondary N) is 1. The lowest BCUT2D eigenvalue weighted by atomic mass is 9.87. The number of rotatable bonds is 6. The van der Waals surface area contributed by atoms with E-state index in [0.717, 1.165) is 11.1 Å². The van der Waals surface area contributed by atoms with E-state index in [4.69, 9.17) is 4.74 Å². The number of benzene rings is 3. The number of carbonyl (C=O) groups excluding carboxylic acids is 2. The van der Waals surface area contributed by atoms with E-state index >= 15 is 0 Å². The third-order valence-corrected chi connectivity index (χ3v) is 4.61. The van der Waals surface area contributed by atoms with Crippen LogP contribution in [-0.2, 0) is 5.41 Å². The highest BCUT2D eigenvalue weighted by Gasteiger charge is 2.15. The molecule has 0 amide bonds. The van der Waals surface area contributed by atoms with Gasteiger partial charge in [0.25, 0.3) is 0 Å². The standard InChI is InChI=1S/C25H24N2O4/c1-25(2,3)20-10-6-19(7-11-20)24(30)31-22-14-4-17(5-15-22)16-26-27-21-12-8-18(9-13-21)23(28)29/h4-16,27H,1-3H3,(H,28,29)/p-1/b26-16-. The highest BCUT2D eigenvalue weighted by atomic mass is 16.5. The fourth-order valence-corrected chi connectivity index (χ4v) is 2.76. The number of anilines is 1. The van der Waals surface area contributed by atoms with Crippen LogP contribution in [-0.4, -0.2) is 18.2 Å². The maximum atomic E-state index is 12.4. The Bertz CT molecular complexity index is 1080. The average Bonchev–Trinajstić information content (AvgIpc) is 2.75. The quantitative estimate of drug-likeness (QED) is 0.284. The molecule has 31 heavy (non-hydrogen) atoms. The molecule has 1 N–H and O–H groups in total. The van der Waals surface area contributed by atoms with Crippen molar-refractivity contribution >= 4 is 23.8 Å². The number of ether oxygens (including phenoxy) is 1. The van der Waals surface area contributed by atoms with Crippen molar-refractivity contribution in [2.24, 2.45) is 5.10 Å². The lowest BCUT2D eigenvalue weighted by molar-refractivity contribution is -0.255. The summed E-state index contributed by atoms with van der Waals surface area (Å²) in [5.41, 5.74) is 6.02. The van der Waals surface area contributed by atoms with E-state index in [1.807, 2.05) is 12.1 Å². The van der Waals surface area contributed by atoms with Gasteiger partial charge in [0.2, 0.25) is 0 Å². The molecule has 0 aliphatic rings. The van der Waals surface area contributed by atoms with Gasteiger partial charge in [-0.05, 0) is 70.6 Å². The normalized spacial score (nSPS) is 11.3. The van der Waals surface area contributed by atoms with Crippen LogP contribution in [0.5, 0.6) is 5.75 Å². The molecule has 0 saturated heterocycles. The van der Waals surface area contributed by atoms with E-state index in [-0.39, 0.29) is 11.0 Å². The van der Waals surface area contributed by atoms with Crippen LogP contribution in [0.4, 0.5) is 5.69 Å². The van der Waals surface area contributed by atoms with E-state index in [1.165, 1.54) is 12.1 Å². The van der Waals surface area contributed by atoms with Crippen LogP contribution in [0.3, 0.4) is 0 Å². The Hall–Kier alpha value is -3.93. The summed E-state index contributed by atoms with van der Waals surface area (Å²) in [7, 11) is 0. The molecule has 0 atom stereocenters. The van der Waals surface area contributed by atoms with Crippen LogP contribution in [0.2, 0.25) is 0 Å². The van der Waals surface area contributed by atoms with Gasteiger partial charge in [0.05, 0.1) is 23.4 Å². The van der Waals surface area contributed by atoms with Gasteiger partial charge >= 0.3 is 5.97 Å². The Morgan fingerprint density at radius 2 is 1.45 bits per heavy atom. The number of hydrazone groups is 1. The first-order valence-electron chi connectivity index (χ1n) is 9.76. The third-order valence-electron chi connectivity index (χ3n) is 4.61. The molecule has 6 nitrogen and oxygen atoms in total. The Balaban J connectivity index is 1.56. The van der Waals surface area contributed by atoms with Gasteiger partial charge in [-0.3, -0.25) is 5.43 Å². The van der Waals surface area contributed by atoms with Crippen molar-refractivity contribution in [3.05, 3.63) is 95.1 Å². The minimum atomic E-state index is -1.22. The minimum absolute atomic E-state index is 0.0219. The Labute approximate surface area is 181 Å². The molecule has 3 aromatic carbocycles. The van der Waals surface area contributed by atoms with E-state index in [2.05, 4.69) is 31.3 Å². The van der Waals surface area contributed by atoms with Crippen molar-refractivity contribution in [2.45, 2.75) is 26.2 Å². The molecular weight excluding hydrogens is 392 g/mol. The monoisotopic (exact) mass is 415 g/mol. The van der Waals surface area contributed by atoms with Crippen LogP contribution >= 0.6 is 0 Å². The highest BCUT2D eigenvalue weighted by Crippen LogP contribution is 2.22. The van der Waals surface area contributed by atoms with E-state index in [0.29, 0.717) is 17.0 Å². The SMILES string of the molecule is CC(C)(C)c1ccc(C(=O)Oc2ccc(/C=N\Nc3ccc(C(=O)[O-])cc3)cc2)cc1. The summed E-state index contributed by atoms with van der Waals surface area (Å²) in [5.74, 6) is -1.20. The molecule has 3 aromatic rings. The van der Waals surface area contributed by atoms with E-state index < -0.39 is 11.9 Å². The molecule has 3 rings (SSSR count). The molecule has 0 bridgehead atoms. The summed E-state index contributed by atoms with van der Waals surface area (Å²) >= 11 is 0. The van der Waals surface area contributed by atoms with Gasteiger partial charge in [0.1, 0.15) is 5.75 Å². The lowest BCUT2D eigenvalue weighted by Gasteiger charge is -2.18. The summed E-state index contributed by atoms with van der Waals surface area (Å²) in [6.07, 6.45) is 1.60. The summed E-state index contributed by atoms with van der Waals surface area (Å²) < 4.78 is 5.43. The summed E-state index contributed by atoms with van der Waals surface area (Å²) in [6, 6.07) is 20.4. The number of carboxylic acids is 1. The van der Waals surface area contributed by atoms with Crippen molar-refractivity contribution in [3.63, 3.8) is 0 Å². The molecule has 0 radical (unpaired) electrons. The average molecular weight is 415 g/mol. The highest BCUT2D eigenvalue weighted by molar-refractivity contribution is 5.91. The maximum Gasteiger partial charge on any atom is 0.343 e. The van der Waals surface area contributed by atoms with Gasteiger partial charge in [-0.2, -0.15) is 5.10 Å². The maximum absolute atomic E-state index is 12.4. The van der Waals surface area contributed by atoms with Gasteiger partial charge in [-0.25, -0.2) is 4.79 Å². The summed E-state index contributed by atoms with van der Waals surface area (Å²) in [5, 5.41) is 14.8. The van der Waals surface area contributed by atoms with Crippen LogP contribution in [0.15, 0.2) is 77.9 Å². The molecule has 0 saturated carbocycles. The molecular formula is C25H23N2O4-. The van der Waals surface area contributed by atoms with Crippen LogP contribution in [0, 0.1) is 0 Å². The number of hydrogen-bond acceptors (Lipinski definition) is 6. The first-order valence-corrected chi connectivity index (χ1v) is 9.76. The van der Waals surface area contributed by atoms with Gasteiger partial charge in [-0.1, -0.05) is 45.0 Å². The molecule has 0 spiro atoms. The summed E-state index contributed by atoms with van der Waals surface area (Å²) in [6.45, 7) is 6.36. The van der Waals surface area contributed by atoms with Gasteiger partial charge in [0.15, 0.2) is 0 Å². The second-order valence-corrected chi connectivity index (χ2v) is 8.02. The van der Waals surface area contributed by atoms with Crippen LogP contribution in [0.1, 0.15) is 52.6 Å². The number of carboxylic acid groups (broad SMARTS) is 1. The minimum Gasteiger partial charge on any atom is -0.545 e. The van der Waals surface area contributed by atoms with Gasteiger partial charge in [0, 0.05) is 0 Å². The third kappa shape index (κ3) is 6.02. The zero-order valence-corrected chi connectivity index (χ0v) is 17.6. The van der Waals surface area contributed by atoms with Crippen molar-refractivity contribution in [2.75, 3.05) is 5.43 Å². The van der Waals surface area contributed by atoms with Crippen molar-refractivity contribution in [1.29, 1.82) is 0 Å². The molecule has 0 heterocycles. The number of nitrogens with zero attached hydrogens (tertiary/aromatic N) is 1. The van der Waals surface area contributed by atoms with Gasteiger partial charge in [-0.15, -0.1) is 0 Å². The Kier molecular flexibility index (Phi) is 6.50. The number of aromatic carboxylic acids is 1. The second-order valence-electron chi connectivity index (χ2n) is 8.02. The molecule has 158 valence electrons. The van der Waals surface area contributed by atoms with Crippen LogP contribution in [0.25, 0.3) is 0 Å². The first-order chi connectivity index (χ1) is 14.7. The Morgan fingerprint density at radius 3 is 2.00 bits per heavy atom. The molecule has 0 aromatic heterocycles. The first kappa shape index (κ1) is 21.8. The fraction of sp³-hybridized carbons (Fsp3) is 0.160. The van der Waals surface area contributed by atoms with Crippen molar-refractivity contribution in [3.8, 4) is 5.75 Å². The van der Waals surface area contributed by atoms with Crippen LogP contribution < -0.4 is 15.3 Å². The lowest BCUT2D eigenvalue weighted by Crippen LogP contribution is -2.21. The zero-order chi connectivity index (χ0) is 22.4.